The summed E-state index contributed by atoms with van der Waals surface area (Å²) >= 11 is 0. The Morgan fingerprint density at radius 3 is 2.32 bits per heavy atom. The van der Waals surface area contributed by atoms with Crippen LogP contribution in [0.3, 0.4) is 0 Å². The van der Waals surface area contributed by atoms with E-state index in [-0.39, 0.29) is 0 Å². The van der Waals surface area contributed by atoms with Crippen molar-refractivity contribution in [2.45, 2.75) is 63.5 Å². The molecular weight excluding hydrogens is 274 g/mol. The maximum absolute atomic E-state index is 12.3. The molecule has 4 aliphatic rings. The van der Waals surface area contributed by atoms with Gasteiger partial charge in [0.1, 0.15) is 0 Å². The van der Waals surface area contributed by atoms with Crippen molar-refractivity contribution >= 4 is 5.91 Å². The fourth-order valence-corrected chi connectivity index (χ4v) is 4.49. The van der Waals surface area contributed by atoms with Crippen molar-refractivity contribution in [3.63, 3.8) is 0 Å². The van der Waals surface area contributed by atoms with Crippen molar-refractivity contribution in [2.24, 2.45) is 5.92 Å². The number of rotatable bonds is 4. The van der Waals surface area contributed by atoms with E-state index < -0.39 is 0 Å². The zero-order valence-corrected chi connectivity index (χ0v) is 13.9. The molecule has 0 spiro atoms. The minimum atomic E-state index is 0.419. The van der Waals surface area contributed by atoms with Crippen LogP contribution >= 0.6 is 0 Å². The van der Waals surface area contributed by atoms with Gasteiger partial charge in [-0.25, -0.2) is 0 Å². The molecule has 124 valence electrons. The quantitative estimate of drug-likeness (QED) is 0.794. The lowest BCUT2D eigenvalue weighted by Gasteiger charge is -2.49. The molecule has 4 rings (SSSR count). The van der Waals surface area contributed by atoms with E-state index in [2.05, 4.69) is 14.7 Å². The maximum atomic E-state index is 12.3. The van der Waals surface area contributed by atoms with Crippen LogP contribution in [0.15, 0.2) is 0 Å². The van der Waals surface area contributed by atoms with Crippen LogP contribution in [0.5, 0.6) is 0 Å². The van der Waals surface area contributed by atoms with Crippen LogP contribution in [0.4, 0.5) is 0 Å². The summed E-state index contributed by atoms with van der Waals surface area (Å²) < 4.78 is 0. The van der Waals surface area contributed by atoms with Gasteiger partial charge in [0, 0.05) is 44.7 Å². The SMILES string of the molecule is O=C1CCC(N2CC(N3CCCCC3)C2)CCN1CC1CC1. The fourth-order valence-electron chi connectivity index (χ4n) is 4.49. The summed E-state index contributed by atoms with van der Waals surface area (Å²) in [5.74, 6) is 1.25. The van der Waals surface area contributed by atoms with Gasteiger partial charge in [-0.1, -0.05) is 6.42 Å². The first-order chi connectivity index (χ1) is 10.8. The van der Waals surface area contributed by atoms with E-state index in [1.54, 1.807) is 0 Å². The lowest BCUT2D eigenvalue weighted by atomic mass is 9.97. The predicted molar refractivity (Wildman–Crippen MR) is 87.7 cm³/mol. The Morgan fingerprint density at radius 1 is 0.818 bits per heavy atom. The molecule has 1 saturated carbocycles. The minimum Gasteiger partial charge on any atom is -0.342 e. The van der Waals surface area contributed by atoms with E-state index in [0.29, 0.717) is 11.9 Å². The van der Waals surface area contributed by atoms with E-state index >= 15 is 0 Å². The minimum absolute atomic E-state index is 0.419. The van der Waals surface area contributed by atoms with Crippen molar-refractivity contribution < 1.29 is 4.79 Å². The van der Waals surface area contributed by atoms with E-state index in [1.165, 1.54) is 64.7 Å². The highest BCUT2D eigenvalue weighted by Crippen LogP contribution is 2.32. The van der Waals surface area contributed by atoms with Crippen LogP contribution in [0.1, 0.15) is 51.4 Å². The molecule has 1 amide bonds. The van der Waals surface area contributed by atoms with Gasteiger partial charge >= 0.3 is 0 Å². The van der Waals surface area contributed by atoms with Crippen molar-refractivity contribution in [1.29, 1.82) is 0 Å². The molecule has 4 heteroatoms. The first-order valence-corrected chi connectivity index (χ1v) is 9.55. The Balaban J connectivity index is 1.24. The molecule has 0 radical (unpaired) electrons. The van der Waals surface area contributed by atoms with Crippen LogP contribution in [0.2, 0.25) is 0 Å². The molecule has 0 aromatic rings. The van der Waals surface area contributed by atoms with Crippen molar-refractivity contribution in [1.82, 2.24) is 14.7 Å². The molecule has 1 unspecified atom stereocenters. The summed E-state index contributed by atoms with van der Waals surface area (Å²) in [6.07, 6.45) is 9.97. The lowest BCUT2D eigenvalue weighted by molar-refractivity contribution is -0.130. The second-order valence-electron chi connectivity index (χ2n) is 7.97. The van der Waals surface area contributed by atoms with Gasteiger partial charge in [-0.3, -0.25) is 14.6 Å². The van der Waals surface area contributed by atoms with Crippen LogP contribution in [0, 0.1) is 5.92 Å². The van der Waals surface area contributed by atoms with Gasteiger partial charge in [0.05, 0.1) is 0 Å². The number of hydrogen-bond donors (Lipinski definition) is 0. The standard InChI is InChI=1S/C18H31N3O/c22-18-7-6-16(8-11-20(18)12-15-4-5-15)21-13-17(14-21)19-9-2-1-3-10-19/h15-17H,1-14H2. The molecule has 0 N–H and O–H groups in total. The number of carbonyl (C=O) groups excluding carboxylic acids is 1. The lowest BCUT2D eigenvalue weighted by Crippen LogP contribution is -2.62. The van der Waals surface area contributed by atoms with Crippen LogP contribution in [-0.2, 0) is 4.79 Å². The third kappa shape index (κ3) is 3.33. The molecule has 0 aromatic carbocycles. The van der Waals surface area contributed by atoms with Gasteiger partial charge < -0.3 is 4.90 Å². The second-order valence-corrected chi connectivity index (χ2v) is 7.97. The summed E-state index contributed by atoms with van der Waals surface area (Å²) in [7, 11) is 0. The summed E-state index contributed by atoms with van der Waals surface area (Å²) in [6, 6.07) is 1.47. The van der Waals surface area contributed by atoms with Crippen molar-refractivity contribution in [3.8, 4) is 0 Å². The fraction of sp³-hybridized carbons (Fsp3) is 0.944. The van der Waals surface area contributed by atoms with Crippen LogP contribution < -0.4 is 0 Å². The molecular formula is C18H31N3O. The summed E-state index contributed by atoms with van der Waals surface area (Å²) in [4.78, 5) is 19.8. The van der Waals surface area contributed by atoms with Gasteiger partial charge in [-0.05, 0) is 57.5 Å². The first kappa shape index (κ1) is 14.9. The highest BCUT2D eigenvalue weighted by Gasteiger charge is 2.38. The Hall–Kier alpha value is -0.610. The molecule has 1 atom stereocenters. The third-order valence-electron chi connectivity index (χ3n) is 6.27. The highest BCUT2D eigenvalue weighted by molar-refractivity contribution is 5.76. The van der Waals surface area contributed by atoms with Gasteiger partial charge in [0.15, 0.2) is 0 Å². The molecule has 4 nitrogen and oxygen atoms in total. The Labute approximate surface area is 134 Å². The number of likely N-dealkylation sites (tertiary alicyclic amines) is 3. The average molecular weight is 305 g/mol. The normalized spacial score (nSPS) is 32.8. The van der Waals surface area contributed by atoms with E-state index in [0.717, 1.165) is 37.9 Å². The van der Waals surface area contributed by atoms with Crippen LogP contribution in [-0.4, -0.2) is 72.0 Å². The molecule has 1 aliphatic carbocycles. The van der Waals surface area contributed by atoms with Crippen molar-refractivity contribution in [3.05, 3.63) is 0 Å². The monoisotopic (exact) mass is 305 g/mol. The Kier molecular flexibility index (Phi) is 4.40. The number of piperidine rings is 1. The predicted octanol–water partition coefficient (Wildman–Crippen LogP) is 1.95. The van der Waals surface area contributed by atoms with Crippen molar-refractivity contribution in [2.75, 3.05) is 39.3 Å². The Bertz CT molecular complexity index is 397. The average Bonchev–Trinajstić information content (AvgIpc) is 3.31. The molecule has 0 aromatic heterocycles. The summed E-state index contributed by atoms with van der Waals surface area (Å²) in [6.45, 7) is 7.18. The second kappa shape index (κ2) is 6.48. The summed E-state index contributed by atoms with van der Waals surface area (Å²) in [5, 5.41) is 0. The molecule has 3 saturated heterocycles. The zero-order chi connectivity index (χ0) is 14.9. The Morgan fingerprint density at radius 2 is 1.59 bits per heavy atom. The zero-order valence-electron chi connectivity index (χ0n) is 13.9. The molecule has 4 fully saturated rings. The number of hydrogen-bond acceptors (Lipinski definition) is 3. The molecule has 22 heavy (non-hydrogen) atoms. The van der Waals surface area contributed by atoms with Gasteiger partial charge in [-0.2, -0.15) is 0 Å². The van der Waals surface area contributed by atoms with E-state index in [4.69, 9.17) is 0 Å². The number of carbonyl (C=O) groups is 1. The number of nitrogens with zero attached hydrogens (tertiary/aromatic N) is 3. The van der Waals surface area contributed by atoms with Gasteiger partial charge in [-0.15, -0.1) is 0 Å². The molecule has 0 bridgehead atoms. The van der Waals surface area contributed by atoms with Crippen LogP contribution in [0.25, 0.3) is 0 Å². The highest BCUT2D eigenvalue weighted by atomic mass is 16.2. The topological polar surface area (TPSA) is 26.8 Å². The largest absolute Gasteiger partial charge is 0.342 e. The molecule has 3 aliphatic heterocycles. The molecule has 3 heterocycles. The van der Waals surface area contributed by atoms with E-state index in [9.17, 15) is 4.79 Å². The number of amides is 1. The van der Waals surface area contributed by atoms with E-state index in [1.807, 2.05) is 0 Å². The first-order valence-electron chi connectivity index (χ1n) is 9.55. The van der Waals surface area contributed by atoms with Gasteiger partial charge in [0.2, 0.25) is 5.91 Å². The smallest absolute Gasteiger partial charge is 0.222 e. The van der Waals surface area contributed by atoms with Gasteiger partial charge in [0.25, 0.3) is 0 Å². The summed E-state index contributed by atoms with van der Waals surface area (Å²) in [5.41, 5.74) is 0. The maximum Gasteiger partial charge on any atom is 0.222 e. The third-order valence-corrected chi connectivity index (χ3v) is 6.27.